The van der Waals surface area contributed by atoms with Crippen molar-refractivity contribution in [1.29, 1.82) is 0 Å². The molecule has 1 aromatic carbocycles. The summed E-state index contributed by atoms with van der Waals surface area (Å²) >= 11 is 0. The lowest BCUT2D eigenvalue weighted by atomic mass is 10.2. The zero-order valence-electron chi connectivity index (χ0n) is 8.23. The van der Waals surface area contributed by atoms with Gasteiger partial charge in [-0.2, -0.15) is 0 Å². The van der Waals surface area contributed by atoms with Crippen molar-refractivity contribution in [3.8, 4) is 5.75 Å². The summed E-state index contributed by atoms with van der Waals surface area (Å²) in [6.45, 7) is 1.77. The number of carbonyl (C=O) groups is 1. The van der Waals surface area contributed by atoms with Crippen molar-refractivity contribution in [2.45, 2.75) is 6.92 Å². The molecule has 0 spiro atoms. The molecule has 1 heterocycles. The molecule has 1 aromatic heterocycles. The molecule has 0 radical (unpaired) electrons. The van der Waals surface area contributed by atoms with Gasteiger partial charge in [0.15, 0.2) is 5.75 Å². The van der Waals surface area contributed by atoms with E-state index in [0.29, 0.717) is 11.4 Å². The molecular weight excluding hydrogens is 192 g/mol. The third-order valence-corrected chi connectivity index (χ3v) is 2.08. The molecule has 76 valence electrons. The minimum atomic E-state index is -0.824. The lowest BCUT2D eigenvalue weighted by molar-refractivity contribution is 0.210. The van der Waals surface area contributed by atoms with Gasteiger partial charge in [-0.15, -0.1) is 0 Å². The van der Waals surface area contributed by atoms with Crippen LogP contribution in [0.25, 0.3) is 10.9 Å². The monoisotopic (exact) mass is 202 g/mol. The molecule has 0 aliphatic heterocycles. The molecule has 0 fully saturated rings. The first-order valence-electron chi connectivity index (χ1n) is 4.50. The van der Waals surface area contributed by atoms with Crippen molar-refractivity contribution in [2.75, 3.05) is 0 Å². The second kappa shape index (κ2) is 3.57. The van der Waals surface area contributed by atoms with Crippen molar-refractivity contribution in [1.82, 2.24) is 4.98 Å². The van der Waals surface area contributed by atoms with Crippen molar-refractivity contribution < 1.29 is 9.53 Å². The minimum Gasteiger partial charge on any atom is -0.409 e. The van der Waals surface area contributed by atoms with Gasteiger partial charge in [-0.1, -0.05) is 18.2 Å². The molecule has 1 amide bonds. The van der Waals surface area contributed by atoms with Crippen LogP contribution in [0.3, 0.4) is 0 Å². The molecule has 0 saturated carbocycles. The van der Waals surface area contributed by atoms with E-state index < -0.39 is 6.09 Å². The molecule has 0 saturated heterocycles. The first-order chi connectivity index (χ1) is 7.16. The Morgan fingerprint density at radius 2 is 2.13 bits per heavy atom. The van der Waals surface area contributed by atoms with Crippen LogP contribution < -0.4 is 10.5 Å². The van der Waals surface area contributed by atoms with Gasteiger partial charge in [-0.25, -0.2) is 9.78 Å². The number of carbonyl (C=O) groups excluding carboxylic acids is 1. The number of benzene rings is 1. The fourth-order valence-electron chi connectivity index (χ4n) is 1.40. The van der Waals surface area contributed by atoms with E-state index in [-0.39, 0.29) is 0 Å². The SMILES string of the molecule is Cc1nc2ccccc2cc1OC(N)=O. The number of amides is 1. The summed E-state index contributed by atoms with van der Waals surface area (Å²) in [5.41, 5.74) is 6.46. The molecule has 2 aromatic rings. The summed E-state index contributed by atoms with van der Waals surface area (Å²) in [5.74, 6) is 0.404. The topological polar surface area (TPSA) is 65.2 Å². The maximum Gasteiger partial charge on any atom is 0.410 e. The van der Waals surface area contributed by atoms with Crippen LogP contribution in [-0.4, -0.2) is 11.1 Å². The number of primary amides is 1. The van der Waals surface area contributed by atoms with E-state index >= 15 is 0 Å². The Labute approximate surface area is 86.7 Å². The second-order valence-electron chi connectivity index (χ2n) is 3.19. The summed E-state index contributed by atoms with van der Waals surface area (Å²) in [4.78, 5) is 14.9. The molecule has 0 unspecified atom stereocenters. The number of hydrogen-bond donors (Lipinski definition) is 1. The van der Waals surface area contributed by atoms with Gasteiger partial charge in [0.2, 0.25) is 0 Å². The highest BCUT2D eigenvalue weighted by molar-refractivity contribution is 5.81. The molecule has 0 aliphatic rings. The zero-order chi connectivity index (χ0) is 10.8. The average molecular weight is 202 g/mol. The summed E-state index contributed by atoms with van der Waals surface area (Å²) in [5, 5.41) is 0.916. The van der Waals surface area contributed by atoms with Crippen molar-refractivity contribution in [2.24, 2.45) is 5.73 Å². The number of rotatable bonds is 1. The van der Waals surface area contributed by atoms with E-state index in [2.05, 4.69) is 4.98 Å². The van der Waals surface area contributed by atoms with E-state index in [1.165, 1.54) is 0 Å². The first-order valence-corrected chi connectivity index (χ1v) is 4.50. The molecule has 4 heteroatoms. The summed E-state index contributed by atoms with van der Waals surface area (Å²) in [6.07, 6.45) is -0.824. The van der Waals surface area contributed by atoms with E-state index in [1.807, 2.05) is 24.3 Å². The third kappa shape index (κ3) is 1.88. The summed E-state index contributed by atoms with van der Waals surface area (Å²) < 4.78 is 4.83. The van der Waals surface area contributed by atoms with Crippen LogP contribution in [0, 0.1) is 6.92 Å². The molecule has 15 heavy (non-hydrogen) atoms. The van der Waals surface area contributed by atoms with E-state index in [9.17, 15) is 4.79 Å². The van der Waals surface area contributed by atoms with Crippen LogP contribution in [0.4, 0.5) is 4.79 Å². The van der Waals surface area contributed by atoms with E-state index in [0.717, 1.165) is 10.9 Å². The number of nitrogens with zero attached hydrogens (tertiary/aromatic N) is 1. The number of nitrogens with two attached hydrogens (primary N) is 1. The van der Waals surface area contributed by atoms with Gasteiger partial charge in [0.25, 0.3) is 0 Å². The van der Waals surface area contributed by atoms with Crippen molar-refractivity contribution in [3.05, 3.63) is 36.0 Å². The molecule has 4 nitrogen and oxygen atoms in total. The Bertz CT molecular complexity index is 523. The number of aryl methyl sites for hydroxylation is 1. The standard InChI is InChI=1S/C11H10N2O2/c1-7-10(15-11(12)14)6-8-4-2-3-5-9(8)13-7/h2-6H,1H3,(H2,12,14). The van der Waals surface area contributed by atoms with Crippen LogP contribution in [-0.2, 0) is 0 Å². The lowest BCUT2D eigenvalue weighted by Gasteiger charge is -2.05. The number of pyridine rings is 1. The molecule has 0 bridgehead atoms. The van der Waals surface area contributed by atoms with Gasteiger partial charge in [0.1, 0.15) is 0 Å². The average Bonchev–Trinajstić information content (AvgIpc) is 2.18. The zero-order valence-corrected chi connectivity index (χ0v) is 8.23. The largest absolute Gasteiger partial charge is 0.410 e. The highest BCUT2D eigenvalue weighted by atomic mass is 16.5. The number of fused-ring (bicyclic) bond motifs is 1. The normalized spacial score (nSPS) is 10.2. The predicted molar refractivity (Wildman–Crippen MR) is 56.7 cm³/mol. The van der Waals surface area contributed by atoms with Crippen LogP contribution in [0.15, 0.2) is 30.3 Å². The van der Waals surface area contributed by atoms with Crippen LogP contribution in [0.5, 0.6) is 5.75 Å². The highest BCUT2D eigenvalue weighted by Crippen LogP contribution is 2.22. The Morgan fingerprint density at radius 1 is 1.40 bits per heavy atom. The van der Waals surface area contributed by atoms with Crippen molar-refractivity contribution >= 4 is 17.0 Å². The van der Waals surface area contributed by atoms with Crippen LogP contribution >= 0.6 is 0 Å². The third-order valence-electron chi connectivity index (χ3n) is 2.08. The predicted octanol–water partition coefficient (Wildman–Crippen LogP) is 2.00. The summed E-state index contributed by atoms with van der Waals surface area (Å²) in [7, 11) is 0. The first kappa shape index (κ1) is 9.45. The number of para-hydroxylation sites is 1. The smallest absolute Gasteiger partial charge is 0.409 e. The molecule has 2 N–H and O–H groups in total. The van der Waals surface area contributed by atoms with E-state index in [4.69, 9.17) is 10.5 Å². The molecular formula is C11H10N2O2. The molecule has 0 aliphatic carbocycles. The second-order valence-corrected chi connectivity index (χ2v) is 3.19. The number of aromatic nitrogens is 1. The Morgan fingerprint density at radius 3 is 2.87 bits per heavy atom. The van der Waals surface area contributed by atoms with Gasteiger partial charge in [-0.05, 0) is 19.1 Å². The minimum absolute atomic E-state index is 0.404. The lowest BCUT2D eigenvalue weighted by Crippen LogP contribution is -2.17. The van der Waals surface area contributed by atoms with Crippen LogP contribution in [0.1, 0.15) is 5.69 Å². The fraction of sp³-hybridized carbons (Fsp3) is 0.0909. The fourth-order valence-corrected chi connectivity index (χ4v) is 1.40. The molecule has 2 rings (SSSR count). The van der Waals surface area contributed by atoms with E-state index in [1.54, 1.807) is 13.0 Å². The quantitative estimate of drug-likeness (QED) is 0.769. The summed E-state index contributed by atoms with van der Waals surface area (Å²) in [6, 6.07) is 9.35. The van der Waals surface area contributed by atoms with Gasteiger partial charge in [0, 0.05) is 5.39 Å². The Balaban J connectivity index is 2.56. The van der Waals surface area contributed by atoms with Gasteiger partial charge < -0.3 is 10.5 Å². The Hall–Kier alpha value is -2.10. The Kier molecular flexibility index (Phi) is 2.25. The van der Waals surface area contributed by atoms with Gasteiger partial charge >= 0.3 is 6.09 Å². The van der Waals surface area contributed by atoms with Gasteiger partial charge in [0.05, 0.1) is 11.2 Å². The number of hydrogen-bond acceptors (Lipinski definition) is 3. The number of ether oxygens (including phenoxy) is 1. The van der Waals surface area contributed by atoms with Crippen molar-refractivity contribution in [3.63, 3.8) is 0 Å². The maximum atomic E-state index is 10.6. The van der Waals surface area contributed by atoms with Crippen LogP contribution in [0.2, 0.25) is 0 Å². The van der Waals surface area contributed by atoms with Gasteiger partial charge in [-0.3, -0.25) is 0 Å². The maximum absolute atomic E-state index is 10.6. The highest BCUT2D eigenvalue weighted by Gasteiger charge is 2.06. The molecule has 0 atom stereocenters.